The Morgan fingerprint density at radius 1 is 1.21 bits per heavy atom. The van der Waals surface area contributed by atoms with Crippen molar-refractivity contribution in [3.63, 3.8) is 0 Å². The fraction of sp³-hybridized carbons (Fsp3) is 0.227. The van der Waals surface area contributed by atoms with E-state index in [0.29, 0.717) is 30.8 Å². The van der Waals surface area contributed by atoms with Gasteiger partial charge >= 0.3 is 6.03 Å². The van der Waals surface area contributed by atoms with Gasteiger partial charge in [0.25, 0.3) is 5.91 Å². The summed E-state index contributed by atoms with van der Waals surface area (Å²) in [7, 11) is 0. The lowest BCUT2D eigenvalue weighted by Crippen LogP contribution is -2.47. The second-order valence-corrected chi connectivity index (χ2v) is 6.96. The molecule has 0 radical (unpaired) electrons. The van der Waals surface area contributed by atoms with Crippen molar-refractivity contribution in [3.05, 3.63) is 89.7 Å². The van der Waals surface area contributed by atoms with E-state index in [1.54, 1.807) is 35.4 Å². The number of benzene rings is 1. The summed E-state index contributed by atoms with van der Waals surface area (Å²) in [6, 6.07) is 10.7. The number of aromatic nitrogens is 1. The minimum Gasteiger partial charge on any atom is -0.333 e. The van der Waals surface area contributed by atoms with Crippen molar-refractivity contribution in [3.8, 4) is 0 Å². The molecule has 0 fully saturated rings. The zero-order chi connectivity index (χ0) is 20.4. The molecular formula is C22H21FN4O2. The minimum atomic E-state index is -0.813. The smallest absolute Gasteiger partial charge is 0.322 e. The molecule has 2 aromatic rings. The zero-order valence-electron chi connectivity index (χ0n) is 15.8. The van der Waals surface area contributed by atoms with Crippen molar-refractivity contribution in [1.82, 2.24) is 20.1 Å². The lowest BCUT2D eigenvalue weighted by molar-refractivity contribution is -0.125. The van der Waals surface area contributed by atoms with E-state index in [2.05, 4.69) is 16.9 Å². The van der Waals surface area contributed by atoms with E-state index < -0.39 is 11.9 Å². The predicted molar refractivity (Wildman–Crippen MR) is 106 cm³/mol. The highest BCUT2D eigenvalue weighted by Gasteiger charge is 2.44. The molecule has 3 heterocycles. The van der Waals surface area contributed by atoms with Crippen LogP contribution in [-0.2, 0) is 11.2 Å². The fourth-order valence-electron chi connectivity index (χ4n) is 3.79. The maximum Gasteiger partial charge on any atom is 0.322 e. The number of pyridine rings is 1. The van der Waals surface area contributed by atoms with Crippen LogP contribution in [0.2, 0.25) is 0 Å². The van der Waals surface area contributed by atoms with Gasteiger partial charge in [-0.3, -0.25) is 14.7 Å². The Labute approximate surface area is 168 Å². The molecule has 6 nitrogen and oxygen atoms in total. The van der Waals surface area contributed by atoms with Crippen LogP contribution in [0, 0.1) is 5.82 Å². The summed E-state index contributed by atoms with van der Waals surface area (Å²) in [4.78, 5) is 33.4. The third kappa shape index (κ3) is 3.51. The maximum atomic E-state index is 14.5. The summed E-state index contributed by atoms with van der Waals surface area (Å²) in [5, 5.41) is 2.79. The third-order valence-electron chi connectivity index (χ3n) is 5.19. The normalized spacial score (nSPS) is 18.7. The number of carbonyl (C=O) groups is 2. The lowest BCUT2D eigenvalue weighted by Gasteiger charge is -2.33. The number of rotatable bonds is 6. The van der Waals surface area contributed by atoms with Gasteiger partial charge in [0.05, 0.1) is 23.9 Å². The fourth-order valence-corrected chi connectivity index (χ4v) is 3.79. The third-order valence-corrected chi connectivity index (χ3v) is 5.19. The van der Waals surface area contributed by atoms with E-state index in [0.717, 1.165) is 5.69 Å². The van der Waals surface area contributed by atoms with Gasteiger partial charge in [-0.2, -0.15) is 0 Å². The van der Waals surface area contributed by atoms with E-state index >= 15 is 0 Å². The second kappa shape index (κ2) is 7.87. The van der Waals surface area contributed by atoms with Crippen LogP contribution in [-0.4, -0.2) is 46.4 Å². The predicted octanol–water partition coefficient (Wildman–Crippen LogP) is 2.81. The summed E-state index contributed by atoms with van der Waals surface area (Å²) >= 11 is 0. The van der Waals surface area contributed by atoms with Crippen LogP contribution in [0.4, 0.5) is 9.18 Å². The molecule has 0 saturated heterocycles. The van der Waals surface area contributed by atoms with Crippen LogP contribution >= 0.6 is 0 Å². The van der Waals surface area contributed by atoms with Crippen LogP contribution in [0.5, 0.6) is 0 Å². The standard InChI is InChI=1S/C22H21FN4O2/c1-2-12-27-18-14-26(13-10-15-7-5-6-11-24-15)21(28)19(18)20(25-22(27)29)16-8-3-4-9-17(16)23/h2-9,11,20H,1,10,12-14H2,(H,25,29). The first kappa shape index (κ1) is 18.9. The maximum absolute atomic E-state index is 14.5. The van der Waals surface area contributed by atoms with Gasteiger partial charge in [-0.05, 0) is 18.2 Å². The number of halogens is 1. The molecule has 1 N–H and O–H groups in total. The Kier molecular flexibility index (Phi) is 5.12. The molecule has 29 heavy (non-hydrogen) atoms. The molecule has 0 saturated carbocycles. The van der Waals surface area contributed by atoms with E-state index in [-0.39, 0.29) is 24.0 Å². The molecule has 0 aliphatic carbocycles. The molecular weight excluding hydrogens is 371 g/mol. The number of amides is 3. The van der Waals surface area contributed by atoms with Gasteiger partial charge in [-0.15, -0.1) is 6.58 Å². The number of urea groups is 1. The number of nitrogens with one attached hydrogen (secondary N) is 1. The number of hydrogen-bond donors (Lipinski definition) is 1. The molecule has 7 heteroatoms. The van der Waals surface area contributed by atoms with Crippen molar-refractivity contribution >= 4 is 11.9 Å². The summed E-state index contributed by atoms with van der Waals surface area (Å²) in [6.07, 6.45) is 3.92. The van der Waals surface area contributed by atoms with E-state index in [9.17, 15) is 14.0 Å². The summed E-state index contributed by atoms with van der Waals surface area (Å²) in [5.41, 5.74) is 2.19. The highest BCUT2D eigenvalue weighted by Crippen LogP contribution is 2.37. The highest BCUT2D eigenvalue weighted by molar-refractivity contribution is 6.01. The quantitative estimate of drug-likeness (QED) is 0.769. The molecule has 4 rings (SSSR count). The van der Waals surface area contributed by atoms with Crippen molar-refractivity contribution in [2.24, 2.45) is 0 Å². The van der Waals surface area contributed by atoms with E-state index in [1.807, 2.05) is 18.2 Å². The number of carbonyl (C=O) groups excluding carboxylic acids is 2. The van der Waals surface area contributed by atoms with Crippen LogP contribution in [0.1, 0.15) is 17.3 Å². The largest absolute Gasteiger partial charge is 0.333 e. The summed E-state index contributed by atoms with van der Waals surface area (Å²) in [6.45, 7) is 4.73. The van der Waals surface area contributed by atoms with Crippen LogP contribution in [0.3, 0.4) is 0 Å². The molecule has 1 aromatic heterocycles. The Morgan fingerprint density at radius 2 is 2.00 bits per heavy atom. The molecule has 3 amide bonds. The molecule has 0 spiro atoms. The van der Waals surface area contributed by atoms with Gasteiger partial charge in [0.1, 0.15) is 5.82 Å². The summed E-state index contributed by atoms with van der Waals surface area (Å²) < 4.78 is 14.5. The molecule has 1 unspecified atom stereocenters. The molecule has 1 atom stereocenters. The first-order valence-corrected chi connectivity index (χ1v) is 9.45. The molecule has 148 valence electrons. The Bertz CT molecular complexity index is 989. The SMILES string of the molecule is C=CCN1C(=O)NC(c2ccccc2F)C2=C1CN(CCc1ccccn1)C2=O. The van der Waals surface area contributed by atoms with Crippen molar-refractivity contribution in [2.45, 2.75) is 12.5 Å². The molecule has 2 aliphatic rings. The van der Waals surface area contributed by atoms with E-state index in [4.69, 9.17) is 0 Å². The number of nitrogens with zero attached hydrogens (tertiary/aromatic N) is 3. The summed E-state index contributed by atoms with van der Waals surface area (Å²) in [5.74, 6) is -0.653. The van der Waals surface area contributed by atoms with Gasteiger partial charge in [0.15, 0.2) is 0 Å². The topological polar surface area (TPSA) is 65.5 Å². The Hall–Kier alpha value is -3.48. The van der Waals surface area contributed by atoms with Crippen molar-refractivity contribution in [1.29, 1.82) is 0 Å². The number of hydrogen-bond acceptors (Lipinski definition) is 3. The van der Waals surface area contributed by atoms with Gasteiger partial charge in [0.2, 0.25) is 0 Å². The average Bonchev–Trinajstić information content (AvgIpc) is 3.06. The highest BCUT2D eigenvalue weighted by atomic mass is 19.1. The van der Waals surface area contributed by atoms with Gasteiger partial charge in [0, 0.05) is 37.0 Å². The van der Waals surface area contributed by atoms with Crippen LogP contribution in [0.15, 0.2) is 72.6 Å². The Balaban J connectivity index is 1.65. The zero-order valence-corrected chi connectivity index (χ0v) is 15.8. The first-order valence-electron chi connectivity index (χ1n) is 9.45. The average molecular weight is 392 g/mol. The van der Waals surface area contributed by atoms with Crippen molar-refractivity contribution in [2.75, 3.05) is 19.6 Å². The second-order valence-electron chi connectivity index (χ2n) is 6.96. The van der Waals surface area contributed by atoms with E-state index in [1.165, 1.54) is 11.0 Å². The lowest BCUT2D eigenvalue weighted by atomic mass is 9.95. The minimum absolute atomic E-state index is 0.196. The first-order chi connectivity index (χ1) is 14.1. The molecule has 0 bridgehead atoms. The van der Waals surface area contributed by atoms with Crippen LogP contribution < -0.4 is 5.32 Å². The Morgan fingerprint density at radius 3 is 2.72 bits per heavy atom. The molecule has 2 aliphatic heterocycles. The van der Waals surface area contributed by atoms with Gasteiger partial charge in [-0.1, -0.05) is 30.3 Å². The van der Waals surface area contributed by atoms with Crippen molar-refractivity contribution < 1.29 is 14.0 Å². The van der Waals surface area contributed by atoms with Gasteiger partial charge in [-0.25, -0.2) is 9.18 Å². The van der Waals surface area contributed by atoms with Crippen LogP contribution in [0.25, 0.3) is 0 Å². The monoisotopic (exact) mass is 392 g/mol. The van der Waals surface area contributed by atoms with Gasteiger partial charge < -0.3 is 10.2 Å². The molecule has 1 aromatic carbocycles.